The molecule has 0 spiro atoms. The van der Waals surface area contributed by atoms with Crippen LogP contribution in [0.15, 0.2) is 107 Å². The molecule has 1 saturated heterocycles. The molecule has 1 aliphatic heterocycles. The molecule has 258 valence electrons. The predicted molar refractivity (Wildman–Crippen MR) is 181 cm³/mol. The summed E-state index contributed by atoms with van der Waals surface area (Å²) in [6.07, 6.45) is 0.885. The van der Waals surface area contributed by atoms with Crippen molar-refractivity contribution in [1.29, 1.82) is 0 Å². The van der Waals surface area contributed by atoms with Crippen LogP contribution in [0.4, 0.5) is 4.39 Å². The molecule has 49 heavy (non-hydrogen) atoms. The first-order valence-corrected chi connectivity index (χ1v) is 16.7. The fourth-order valence-corrected chi connectivity index (χ4v) is 6.41. The maximum atomic E-state index is 14.3. The molecule has 1 fully saturated rings. The zero-order valence-electron chi connectivity index (χ0n) is 27.7. The minimum Gasteiger partial charge on any atom is -0.458 e. The number of nitrogens with zero attached hydrogens (tertiary/aromatic N) is 1. The van der Waals surface area contributed by atoms with E-state index in [9.17, 15) is 23.6 Å². The van der Waals surface area contributed by atoms with Crippen LogP contribution < -0.4 is 16.6 Å². The van der Waals surface area contributed by atoms with Crippen molar-refractivity contribution in [2.45, 2.75) is 70.0 Å². The Kier molecular flexibility index (Phi) is 11.9. The SMILES string of the molecule is CCCC(CCC)C(=O)NCC(=O)OC1C[C@@H](n2cc(F)c(=O)[nH]c2=O)O[C@H]1COC(c1ccccc1)(c1ccccc1)c1ccccc1. The highest BCUT2D eigenvalue weighted by Crippen LogP contribution is 2.42. The topological polar surface area (TPSA) is 129 Å². The number of ether oxygens (including phenoxy) is 3. The quantitative estimate of drug-likeness (QED) is 0.131. The highest BCUT2D eigenvalue weighted by Gasteiger charge is 2.44. The number of hydrogen-bond acceptors (Lipinski definition) is 7. The van der Waals surface area contributed by atoms with Crippen LogP contribution in [0.1, 0.15) is 68.9 Å². The summed E-state index contributed by atoms with van der Waals surface area (Å²) in [5.74, 6) is -2.27. The van der Waals surface area contributed by atoms with Crippen LogP contribution in [-0.2, 0) is 29.4 Å². The fourth-order valence-electron chi connectivity index (χ4n) is 6.41. The van der Waals surface area contributed by atoms with E-state index in [0.717, 1.165) is 40.3 Å². The Morgan fingerprint density at radius 1 is 0.918 bits per heavy atom. The van der Waals surface area contributed by atoms with Gasteiger partial charge in [0, 0.05) is 12.3 Å². The van der Waals surface area contributed by atoms with Gasteiger partial charge in [0.2, 0.25) is 11.7 Å². The number of aromatic amines is 1. The number of benzene rings is 3. The predicted octanol–water partition coefficient (Wildman–Crippen LogP) is 5.22. The van der Waals surface area contributed by atoms with Crippen molar-refractivity contribution >= 4 is 11.9 Å². The van der Waals surface area contributed by atoms with Crippen molar-refractivity contribution in [3.63, 3.8) is 0 Å². The molecule has 0 saturated carbocycles. The Hall–Kier alpha value is -4.87. The maximum absolute atomic E-state index is 14.3. The number of carbonyl (C=O) groups excluding carboxylic acids is 2. The minimum atomic E-state index is -1.16. The zero-order valence-corrected chi connectivity index (χ0v) is 27.7. The van der Waals surface area contributed by atoms with Gasteiger partial charge < -0.3 is 19.5 Å². The smallest absolute Gasteiger partial charge is 0.330 e. The van der Waals surface area contributed by atoms with E-state index in [1.165, 1.54) is 0 Å². The van der Waals surface area contributed by atoms with Gasteiger partial charge in [0.1, 0.15) is 30.6 Å². The third kappa shape index (κ3) is 8.23. The Labute approximate surface area is 284 Å². The summed E-state index contributed by atoms with van der Waals surface area (Å²) in [6, 6.07) is 29.0. The second kappa shape index (κ2) is 16.5. The van der Waals surface area contributed by atoms with E-state index in [1.807, 2.05) is 110 Å². The standard InChI is InChI=1S/C38H42FN3O7/c1-3-14-26(15-4-2)35(44)40-23-34(43)49-31-22-33(42-24-30(39)36(45)41-37(42)46)48-32(31)25-47-38(27-16-8-5-9-17-27,28-18-10-6-11-19-28)29-20-12-7-13-21-29/h5-13,16-21,24,26,31-33H,3-4,14-15,22-23,25H2,1-2H3,(H,40,44)(H,41,45,46)/t31?,32-,33-/m0/s1. The van der Waals surface area contributed by atoms with E-state index < -0.39 is 47.1 Å². The molecule has 3 aromatic carbocycles. The van der Waals surface area contributed by atoms with Gasteiger partial charge in [-0.3, -0.25) is 23.9 Å². The Morgan fingerprint density at radius 2 is 1.45 bits per heavy atom. The summed E-state index contributed by atoms with van der Waals surface area (Å²) in [4.78, 5) is 52.4. The van der Waals surface area contributed by atoms with Crippen molar-refractivity contribution < 1.29 is 28.2 Å². The van der Waals surface area contributed by atoms with Gasteiger partial charge in [-0.05, 0) is 29.5 Å². The second-order valence-electron chi connectivity index (χ2n) is 12.1. The molecule has 0 bridgehead atoms. The third-order valence-electron chi connectivity index (χ3n) is 8.75. The van der Waals surface area contributed by atoms with E-state index in [1.54, 1.807) is 0 Å². The van der Waals surface area contributed by atoms with Gasteiger partial charge >= 0.3 is 11.7 Å². The maximum Gasteiger partial charge on any atom is 0.330 e. The van der Waals surface area contributed by atoms with Crippen molar-refractivity contribution in [3.05, 3.63) is 141 Å². The summed E-state index contributed by atoms with van der Waals surface area (Å²) in [5, 5.41) is 2.70. The fraction of sp³-hybridized carbons (Fsp3) is 0.368. The molecule has 0 aliphatic carbocycles. The number of rotatable bonds is 15. The molecular weight excluding hydrogens is 629 g/mol. The zero-order chi connectivity index (χ0) is 34.8. The molecule has 1 aromatic heterocycles. The Morgan fingerprint density at radius 3 is 1.96 bits per heavy atom. The van der Waals surface area contributed by atoms with Crippen molar-refractivity contribution in [2.24, 2.45) is 5.92 Å². The molecule has 1 unspecified atom stereocenters. The summed E-state index contributed by atoms with van der Waals surface area (Å²) in [7, 11) is 0. The van der Waals surface area contributed by atoms with Crippen LogP contribution >= 0.6 is 0 Å². The van der Waals surface area contributed by atoms with Gasteiger partial charge in [-0.15, -0.1) is 0 Å². The number of aromatic nitrogens is 2. The van der Waals surface area contributed by atoms with Crippen LogP contribution in [0.25, 0.3) is 0 Å². The monoisotopic (exact) mass is 671 g/mol. The van der Waals surface area contributed by atoms with E-state index in [-0.39, 0.29) is 31.4 Å². The lowest BCUT2D eigenvalue weighted by atomic mass is 9.80. The molecule has 11 heteroatoms. The number of amides is 1. The first kappa shape index (κ1) is 35.4. The lowest BCUT2D eigenvalue weighted by molar-refractivity contribution is -0.155. The van der Waals surface area contributed by atoms with Crippen molar-refractivity contribution in [1.82, 2.24) is 14.9 Å². The molecule has 4 aromatic rings. The highest BCUT2D eigenvalue weighted by molar-refractivity contribution is 5.83. The van der Waals surface area contributed by atoms with Crippen LogP contribution in [0.3, 0.4) is 0 Å². The molecule has 0 radical (unpaired) electrons. The molecule has 1 amide bonds. The average Bonchev–Trinajstić information content (AvgIpc) is 3.52. The van der Waals surface area contributed by atoms with Crippen LogP contribution in [-0.4, -0.2) is 46.8 Å². The number of H-pyrrole nitrogens is 1. The number of esters is 1. The highest BCUT2D eigenvalue weighted by atomic mass is 19.1. The van der Waals surface area contributed by atoms with Gasteiger partial charge in [0.05, 0.1) is 12.8 Å². The van der Waals surface area contributed by atoms with Gasteiger partial charge in [0.15, 0.2) is 0 Å². The summed E-state index contributed by atoms with van der Waals surface area (Å²) in [5.41, 5.74) is -0.633. The summed E-state index contributed by atoms with van der Waals surface area (Å²) < 4.78 is 34.3. The Bertz CT molecular complexity index is 1690. The molecular formula is C38H42FN3O7. The van der Waals surface area contributed by atoms with Crippen LogP contribution in [0, 0.1) is 11.7 Å². The van der Waals surface area contributed by atoms with E-state index >= 15 is 0 Å². The van der Waals surface area contributed by atoms with Crippen LogP contribution in [0.2, 0.25) is 0 Å². The average molecular weight is 672 g/mol. The lowest BCUT2D eigenvalue weighted by Crippen LogP contribution is -2.41. The van der Waals surface area contributed by atoms with Crippen molar-refractivity contribution in [3.8, 4) is 0 Å². The van der Waals surface area contributed by atoms with Gasteiger partial charge in [-0.25, -0.2) is 4.79 Å². The van der Waals surface area contributed by atoms with E-state index in [2.05, 4.69) is 5.32 Å². The molecule has 3 atom stereocenters. The molecule has 2 N–H and O–H groups in total. The molecule has 10 nitrogen and oxygen atoms in total. The second-order valence-corrected chi connectivity index (χ2v) is 12.1. The minimum absolute atomic E-state index is 0.0393. The first-order valence-electron chi connectivity index (χ1n) is 16.7. The lowest BCUT2D eigenvalue weighted by Gasteiger charge is -2.37. The largest absolute Gasteiger partial charge is 0.458 e. The molecule has 2 heterocycles. The van der Waals surface area contributed by atoms with Gasteiger partial charge in [0.25, 0.3) is 5.56 Å². The summed E-state index contributed by atoms with van der Waals surface area (Å²) >= 11 is 0. The summed E-state index contributed by atoms with van der Waals surface area (Å²) in [6.45, 7) is 3.54. The number of halogens is 1. The number of hydrogen-bond donors (Lipinski definition) is 2. The van der Waals surface area contributed by atoms with Gasteiger partial charge in [-0.1, -0.05) is 118 Å². The molecule has 5 rings (SSSR count). The van der Waals surface area contributed by atoms with Gasteiger partial charge in [-0.2, -0.15) is 4.39 Å². The molecule has 1 aliphatic rings. The first-order chi connectivity index (χ1) is 23.8. The Balaban J connectivity index is 1.45. The van der Waals surface area contributed by atoms with E-state index in [0.29, 0.717) is 12.8 Å². The van der Waals surface area contributed by atoms with Crippen LogP contribution in [0.5, 0.6) is 0 Å². The van der Waals surface area contributed by atoms with E-state index in [4.69, 9.17) is 14.2 Å². The normalized spacial score (nSPS) is 17.6. The number of nitrogens with one attached hydrogen (secondary N) is 2. The number of carbonyl (C=O) groups is 2. The third-order valence-corrected chi connectivity index (χ3v) is 8.75. The van der Waals surface area contributed by atoms with Crippen molar-refractivity contribution in [2.75, 3.05) is 13.2 Å².